The van der Waals surface area contributed by atoms with Gasteiger partial charge in [-0.05, 0) is 45.2 Å². The van der Waals surface area contributed by atoms with Crippen molar-refractivity contribution in [2.45, 2.75) is 38.7 Å². The van der Waals surface area contributed by atoms with Gasteiger partial charge < -0.3 is 5.11 Å². The highest BCUT2D eigenvalue weighted by molar-refractivity contribution is 5.03. The summed E-state index contributed by atoms with van der Waals surface area (Å²) in [6.07, 6.45) is 4.56. The SMILES string of the molecule is CC(C)(O)CCCc1ccccn1. The molecule has 0 amide bonds. The molecule has 1 N–H and O–H groups in total. The predicted molar refractivity (Wildman–Crippen MR) is 53.5 cm³/mol. The van der Waals surface area contributed by atoms with E-state index >= 15 is 0 Å². The molecule has 0 saturated heterocycles. The second-order valence-electron chi connectivity index (χ2n) is 3.99. The topological polar surface area (TPSA) is 33.1 Å². The smallest absolute Gasteiger partial charge is 0.0591 e. The lowest BCUT2D eigenvalue weighted by Crippen LogP contribution is -2.18. The van der Waals surface area contributed by atoms with Crippen LogP contribution in [-0.2, 0) is 6.42 Å². The van der Waals surface area contributed by atoms with Crippen molar-refractivity contribution in [1.29, 1.82) is 0 Å². The fourth-order valence-corrected chi connectivity index (χ4v) is 1.25. The number of aromatic nitrogens is 1. The molecule has 2 nitrogen and oxygen atoms in total. The van der Waals surface area contributed by atoms with Crippen LogP contribution in [0.15, 0.2) is 24.4 Å². The summed E-state index contributed by atoms with van der Waals surface area (Å²) in [6.45, 7) is 3.68. The molecular weight excluding hydrogens is 162 g/mol. The molecule has 0 radical (unpaired) electrons. The first-order valence-corrected chi connectivity index (χ1v) is 4.70. The van der Waals surface area contributed by atoms with Crippen molar-refractivity contribution in [2.24, 2.45) is 0 Å². The lowest BCUT2D eigenvalue weighted by Gasteiger charge is -2.15. The molecule has 72 valence electrons. The van der Waals surface area contributed by atoms with Gasteiger partial charge in [-0.25, -0.2) is 0 Å². The quantitative estimate of drug-likeness (QED) is 0.768. The molecule has 0 aliphatic carbocycles. The Morgan fingerprint density at radius 1 is 1.38 bits per heavy atom. The molecule has 0 aliphatic heterocycles. The molecule has 0 aromatic carbocycles. The summed E-state index contributed by atoms with van der Waals surface area (Å²) in [5, 5.41) is 9.48. The minimum absolute atomic E-state index is 0.547. The van der Waals surface area contributed by atoms with Gasteiger partial charge in [0.15, 0.2) is 0 Å². The third-order valence-electron chi connectivity index (χ3n) is 1.95. The largest absolute Gasteiger partial charge is 0.390 e. The van der Waals surface area contributed by atoms with Crippen molar-refractivity contribution in [3.05, 3.63) is 30.1 Å². The number of pyridine rings is 1. The molecule has 2 heteroatoms. The molecule has 0 spiro atoms. The van der Waals surface area contributed by atoms with E-state index in [1.807, 2.05) is 32.0 Å². The molecule has 0 unspecified atom stereocenters. The van der Waals surface area contributed by atoms with Crippen LogP contribution in [0.5, 0.6) is 0 Å². The Kier molecular flexibility index (Phi) is 3.43. The molecule has 1 aromatic rings. The van der Waals surface area contributed by atoms with Crippen molar-refractivity contribution in [2.75, 3.05) is 0 Å². The lowest BCUT2D eigenvalue weighted by molar-refractivity contribution is 0.0689. The second-order valence-corrected chi connectivity index (χ2v) is 3.99. The molecule has 0 bridgehead atoms. The van der Waals surface area contributed by atoms with E-state index in [4.69, 9.17) is 0 Å². The monoisotopic (exact) mass is 179 g/mol. The van der Waals surface area contributed by atoms with Crippen LogP contribution in [0.2, 0.25) is 0 Å². The Bertz CT molecular complexity index is 238. The number of aliphatic hydroxyl groups is 1. The van der Waals surface area contributed by atoms with Crippen molar-refractivity contribution < 1.29 is 5.11 Å². The van der Waals surface area contributed by atoms with Crippen molar-refractivity contribution >= 4 is 0 Å². The number of hydrogen-bond acceptors (Lipinski definition) is 2. The summed E-state index contributed by atoms with van der Waals surface area (Å²) in [6, 6.07) is 5.93. The number of hydrogen-bond donors (Lipinski definition) is 1. The maximum absolute atomic E-state index is 9.48. The Morgan fingerprint density at radius 3 is 2.69 bits per heavy atom. The van der Waals surface area contributed by atoms with Crippen LogP contribution in [0.1, 0.15) is 32.4 Å². The lowest BCUT2D eigenvalue weighted by atomic mass is 10.0. The van der Waals surface area contributed by atoms with Crippen molar-refractivity contribution in [3.8, 4) is 0 Å². The van der Waals surface area contributed by atoms with E-state index in [1.165, 1.54) is 0 Å². The molecule has 1 rings (SSSR count). The Labute approximate surface area is 79.6 Å². The van der Waals surface area contributed by atoms with E-state index < -0.39 is 5.60 Å². The van der Waals surface area contributed by atoms with Gasteiger partial charge in [0.2, 0.25) is 0 Å². The molecule has 0 atom stereocenters. The van der Waals surface area contributed by atoms with Gasteiger partial charge >= 0.3 is 0 Å². The van der Waals surface area contributed by atoms with Crippen LogP contribution in [-0.4, -0.2) is 15.7 Å². The highest BCUT2D eigenvalue weighted by Gasteiger charge is 2.11. The summed E-state index contributed by atoms with van der Waals surface area (Å²) in [5.41, 5.74) is 0.557. The number of nitrogens with zero attached hydrogens (tertiary/aromatic N) is 1. The van der Waals surface area contributed by atoms with Crippen LogP contribution in [0, 0.1) is 0 Å². The zero-order valence-electron chi connectivity index (χ0n) is 8.33. The summed E-state index contributed by atoms with van der Waals surface area (Å²) in [4.78, 5) is 4.22. The molecule has 0 aliphatic rings. The van der Waals surface area contributed by atoms with Gasteiger partial charge in [0.1, 0.15) is 0 Å². The Morgan fingerprint density at radius 2 is 2.15 bits per heavy atom. The van der Waals surface area contributed by atoms with Gasteiger partial charge in [-0.2, -0.15) is 0 Å². The van der Waals surface area contributed by atoms with Gasteiger partial charge in [-0.3, -0.25) is 4.98 Å². The van der Waals surface area contributed by atoms with E-state index in [1.54, 1.807) is 6.20 Å². The first-order valence-electron chi connectivity index (χ1n) is 4.70. The van der Waals surface area contributed by atoms with Crippen molar-refractivity contribution in [1.82, 2.24) is 4.98 Å². The van der Waals surface area contributed by atoms with Gasteiger partial charge in [0.05, 0.1) is 5.60 Å². The van der Waals surface area contributed by atoms with Crippen LogP contribution in [0.3, 0.4) is 0 Å². The third kappa shape index (κ3) is 4.63. The summed E-state index contributed by atoms with van der Waals surface area (Å²) >= 11 is 0. The highest BCUT2D eigenvalue weighted by Crippen LogP contribution is 2.12. The Hall–Kier alpha value is -0.890. The molecule has 0 saturated carbocycles. The molecule has 1 heterocycles. The maximum Gasteiger partial charge on any atom is 0.0591 e. The third-order valence-corrected chi connectivity index (χ3v) is 1.95. The van der Waals surface area contributed by atoms with E-state index in [-0.39, 0.29) is 0 Å². The van der Waals surface area contributed by atoms with Gasteiger partial charge in [0.25, 0.3) is 0 Å². The zero-order chi connectivity index (χ0) is 9.73. The maximum atomic E-state index is 9.48. The fraction of sp³-hybridized carbons (Fsp3) is 0.545. The summed E-state index contributed by atoms with van der Waals surface area (Å²) in [5.74, 6) is 0. The first-order chi connectivity index (χ1) is 6.08. The van der Waals surface area contributed by atoms with E-state index in [0.717, 1.165) is 25.0 Å². The van der Waals surface area contributed by atoms with E-state index in [2.05, 4.69) is 4.98 Å². The normalized spacial score (nSPS) is 11.6. The number of rotatable bonds is 4. The van der Waals surface area contributed by atoms with Gasteiger partial charge in [0, 0.05) is 11.9 Å². The average molecular weight is 179 g/mol. The van der Waals surface area contributed by atoms with Gasteiger partial charge in [-0.1, -0.05) is 6.07 Å². The summed E-state index contributed by atoms with van der Waals surface area (Å²) < 4.78 is 0. The van der Waals surface area contributed by atoms with Gasteiger partial charge in [-0.15, -0.1) is 0 Å². The molecule has 13 heavy (non-hydrogen) atoms. The Balaban J connectivity index is 2.29. The van der Waals surface area contributed by atoms with E-state index in [9.17, 15) is 5.11 Å². The average Bonchev–Trinajstić information content (AvgIpc) is 2.04. The van der Waals surface area contributed by atoms with Crippen LogP contribution < -0.4 is 0 Å². The van der Waals surface area contributed by atoms with Crippen LogP contribution >= 0.6 is 0 Å². The minimum atomic E-state index is -0.547. The molecule has 0 fully saturated rings. The predicted octanol–water partition coefficient (Wildman–Crippen LogP) is 2.18. The fourth-order valence-electron chi connectivity index (χ4n) is 1.25. The number of aryl methyl sites for hydroxylation is 1. The summed E-state index contributed by atoms with van der Waals surface area (Å²) in [7, 11) is 0. The van der Waals surface area contributed by atoms with Crippen LogP contribution in [0.4, 0.5) is 0 Å². The van der Waals surface area contributed by atoms with Crippen LogP contribution in [0.25, 0.3) is 0 Å². The van der Waals surface area contributed by atoms with Crippen molar-refractivity contribution in [3.63, 3.8) is 0 Å². The van der Waals surface area contributed by atoms with E-state index in [0.29, 0.717) is 0 Å². The minimum Gasteiger partial charge on any atom is -0.390 e. The molecule has 1 aromatic heterocycles. The highest BCUT2D eigenvalue weighted by atomic mass is 16.3. The first kappa shape index (κ1) is 10.2. The molecular formula is C11H17NO. The second kappa shape index (κ2) is 4.38. The standard InChI is InChI=1S/C11H17NO/c1-11(2,13)8-5-7-10-6-3-4-9-12-10/h3-4,6,9,13H,5,7-8H2,1-2H3. The zero-order valence-corrected chi connectivity index (χ0v) is 8.33.